The van der Waals surface area contributed by atoms with Gasteiger partial charge in [0.25, 0.3) is 0 Å². The Morgan fingerprint density at radius 3 is 2.84 bits per heavy atom. The van der Waals surface area contributed by atoms with Gasteiger partial charge in [0.2, 0.25) is 0 Å². The minimum absolute atomic E-state index is 0.653. The van der Waals surface area contributed by atoms with Gasteiger partial charge in [-0.05, 0) is 49.8 Å². The zero-order valence-corrected chi connectivity index (χ0v) is 12.9. The van der Waals surface area contributed by atoms with Crippen LogP contribution in [-0.2, 0) is 12.8 Å². The summed E-state index contributed by atoms with van der Waals surface area (Å²) < 4.78 is 0. The number of fused-ring (bicyclic) bond motifs is 3. The maximum atomic E-state index is 4.89. The lowest BCUT2D eigenvalue weighted by molar-refractivity contribution is 0.699. The lowest BCUT2D eigenvalue weighted by atomic mass is 9.97. The van der Waals surface area contributed by atoms with Crippen LogP contribution in [0.4, 0.5) is 0 Å². The highest BCUT2D eigenvalue weighted by Gasteiger charge is 2.29. The van der Waals surface area contributed by atoms with E-state index in [-0.39, 0.29) is 0 Å². The lowest BCUT2D eigenvalue weighted by Gasteiger charge is -2.11. The third-order valence-electron chi connectivity index (χ3n) is 4.02. The number of thiophene rings is 1. The Morgan fingerprint density at radius 2 is 2.05 bits per heavy atom. The molecule has 2 aliphatic carbocycles. The van der Waals surface area contributed by atoms with Gasteiger partial charge in [-0.15, -0.1) is 23.1 Å². The van der Waals surface area contributed by atoms with E-state index in [0.29, 0.717) is 5.92 Å². The van der Waals surface area contributed by atoms with E-state index in [1.165, 1.54) is 53.8 Å². The van der Waals surface area contributed by atoms with Gasteiger partial charge in [0.05, 0.1) is 0 Å². The lowest BCUT2D eigenvalue weighted by Crippen LogP contribution is -2.00. The molecule has 0 aliphatic heterocycles. The van der Waals surface area contributed by atoms with Crippen LogP contribution < -0.4 is 0 Å². The second kappa shape index (κ2) is 4.74. The molecule has 2 aliphatic rings. The Morgan fingerprint density at radius 1 is 1.21 bits per heavy atom. The average molecular weight is 290 g/mol. The Balaban J connectivity index is 1.93. The molecule has 4 heteroatoms. The molecule has 1 fully saturated rings. The highest BCUT2D eigenvalue weighted by Crippen LogP contribution is 2.43. The third kappa shape index (κ3) is 2.09. The molecular formula is C15H18N2S2. The number of nitrogens with zero attached hydrogens (tertiary/aromatic N) is 2. The quantitative estimate of drug-likeness (QED) is 0.612. The molecule has 2 nitrogen and oxygen atoms in total. The molecule has 0 saturated heterocycles. The predicted octanol–water partition coefficient (Wildman–Crippen LogP) is 4.56. The normalized spacial score (nSPS) is 18.8. The van der Waals surface area contributed by atoms with E-state index in [4.69, 9.17) is 9.97 Å². The number of rotatable bonds is 3. The fourth-order valence-electron chi connectivity index (χ4n) is 2.91. The molecule has 0 aromatic carbocycles. The Hall–Kier alpha value is -0.610. The van der Waals surface area contributed by atoms with Gasteiger partial charge in [-0.3, -0.25) is 0 Å². The average Bonchev–Trinajstić information content (AvgIpc) is 3.19. The van der Waals surface area contributed by atoms with Crippen molar-refractivity contribution in [2.75, 3.05) is 5.75 Å². The van der Waals surface area contributed by atoms with E-state index < -0.39 is 0 Å². The predicted molar refractivity (Wildman–Crippen MR) is 82.4 cm³/mol. The molecule has 0 atom stereocenters. The Bertz CT molecular complexity index is 629. The maximum Gasteiger partial charge on any atom is 0.134 e. The van der Waals surface area contributed by atoms with Crippen LogP contribution in [0.3, 0.4) is 0 Å². The van der Waals surface area contributed by atoms with Crippen LogP contribution in [0.15, 0.2) is 5.03 Å². The number of hydrogen-bond donors (Lipinski definition) is 0. The molecule has 0 bridgehead atoms. The first kappa shape index (κ1) is 12.2. The first-order valence-corrected chi connectivity index (χ1v) is 9.12. The Labute approximate surface area is 122 Å². The summed E-state index contributed by atoms with van der Waals surface area (Å²) in [6, 6.07) is 0. The van der Waals surface area contributed by atoms with E-state index >= 15 is 0 Å². The maximum absolute atomic E-state index is 4.89. The van der Waals surface area contributed by atoms with Gasteiger partial charge in [0.1, 0.15) is 15.7 Å². The molecule has 0 radical (unpaired) electrons. The summed E-state index contributed by atoms with van der Waals surface area (Å²) in [4.78, 5) is 12.6. The molecule has 0 amide bonds. The van der Waals surface area contributed by atoms with Crippen molar-refractivity contribution in [3.05, 3.63) is 16.3 Å². The van der Waals surface area contributed by atoms with Crippen LogP contribution in [0.5, 0.6) is 0 Å². The molecule has 100 valence electrons. The van der Waals surface area contributed by atoms with E-state index in [9.17, 15) is 0 Å². The second-order valence-corrected chi connectivity index (χ2v) is 7.82. The van der Waals surface area contributed by atoms with Crippen LogP contribution in [-0.4, -0.2) is 15.7 Å². The summed E-state index contributed by atoms with van der Waals surface area (Å²) >= 11 is 3.83. The van der Waals surface area contributed by atoms with Crippen molar-refractivity contribution >= 4 is 33.3 Å². The number of aryl methyl sites for hydroxylation is 2. The first-order valence-electron chi connectivity index (χ1n) is 7.31. The first-order chi connectivity index (χ1) is 9.36. The monoisotopic (exact) mass is 290 g/mol. The van der Waals surface area contributed by atoms with Crippen molar-refractivity contribution in [2.24, 2.45) is 0 Å². The van der Waals surface area contributed by atoms with E-state index in [0.717, 1.165) is 11.6 Å². The van der Waals surface area contributed by atoms with Crippen molar-refractivity contribution in [3.8, 4) is 0 Å². The molecule has 0 N–H and O–H groups in total. The second-order valence-electron chi connectivity index (χ2n) is 5.49. The topological polar surface area (TPSA) is 25.8 Å². The SMILES string of the molecule is CCSc1nc(C2CC2)nc2sc3c(c12)CCCC3. The molecule has 19 heavy (non-hydrogen) atoms. The fraction of sp³-hybridized carbons (Fsp3) is 0.600. The summed E-state index contributed by atoms with van der Waals surface area (Å²) in [5.74, 6) is 2.86. The molecule has 2 aromatic heterocycles. The molecule has 0 spiro atoms. The van der Waals surface area contributed by atoms with Gasteiger partial charge < -0.3 is 0 Å². The van der Waals surface area contributed by atoms with Crippen LogP contribution in [0.1, 0.15) is 54.8 Å². The Kier molecular flexibility index (Phi) is 3.03. The number of thioether (sulfide) groups is 1. The van der Waals surface area contributed by atoms with Crippen LogP contribution >= 0.6 is 23.1 Å². The highest BCUT2D eigenvalue weighted by atomic mass is 32.2. The van der Waals surface area contributed by atoms with Crippen LogP contribution in [0.2, 0.25) is 0 Å². The number of aromatic nitrogens is 2. The third-order valence-corrected chi connectivity index (χ3v) is 6.07. The standard InChI is InChI=1S/C15H18N2S2/c1-2-18-14-12-10-5-3-4-6-11(10)19-15(12)17-13(16-14)9-7-8-9/h9H,2-8H2,1H3. The highest BCUT2D eigenvalue weighted by molar-refractivity contribution is 7.99. The van der Waals surface area contributed by atoms with Crippen molar-refractivity contribution in [3.63, 3.8) is 0 Å². The summed E-state index contributed by atoms with van der Waals surface area (Å²) in [5.41, 5.74) is 1.57. The van der Waals surface area contributed by atoms with Gasteiger partial charge >= 0.3 is 0 Å². The van der Waals surface area contributed by atoms with Crippen molar-refractivity contribution < 1.29 is 0 Å². The molecule has 0 unspecified atom stereocenters. The van der Waals surface area contributed by atoms with Gasteiger partial charge in [-0.1, -0.05) is 6.92 Å². The molecular weight excluding hydrogens is 272 g/mol. The summed E-state index contributed by atoms with van der Waals surface area (Å²) in [5, 5.41) is 2.66. The van der Waals surface area contributed by atoms with Crippen LogP contribution in [0, 0.1) is 0 Å². The zero-order chi connectivity index (χ0) is 12.8. The largest absolute Gasteiger partial charge is 0.226 e. The van der Waals surface area contributed by atoms with E-state index in [1.54, 1.807) is 10.4 Å². The summed E-state index contributed by atoms with van der Waals surface area (Å²) in [6.45, 7) is 2.22. The molecule has 4 rings (SSSR count). The minimum atomic E-state index is 0.653. The van der Waals surface area contributed by atoms with Gasteiger partial charge in [0.15, 0.2) is 0 Å². The summed E-state index contributed by atoms with van der Waals surface area (Å²) in [6.07, 6.45) is 7.74. The van der Waals surface area contributed by atoms with Gasteiger partial charge in [-0.25, -0.2) is 9.97 Å². The van der Waals surface area contributed by atoms with E-state index in [1.807, 2.05) is 23.1 Å². The van der Waals surface area contributed by atoms with Crippen LogP contribution in [0.25, 0.3) is 10.2 Å². The number of hydrogen-bond acceptors (Lipinski definition) is 4. The van der Waals surface area contributed by atoms with Gasteiger partial charge in [0, 0.05) is 16.2 Å². The molecule has 2 aromatic rings. The summed E-state index contributed by atoms with van der Waals surface area (Å²) in [7, 11) is 0. The smallest absolute Gasteiger partial charge is 0.134 e. The minimum Gasteiger partial charge on any atom is -0.226 e. The van der Waals surface area contributed by atoms with Crippen molar-refractivity contribution in [2.45, 2.75) is 56.4 Å². The fourth-order valence-corrected chi connectivity index (χ4v) is 5.03. The molecule has 1 saturated carbocycles. The van der Waals surface area contributed by atoms with Gasteiger partial charge in [-0.2, -0.15) is 0 Å². The zero-order valence-electron chi connectivity index (χ0n) is 11.2. The molecule has 2 heterocycles. The van der Waals surface area contributed by atoms with Crippen molar-refractivity contribution in [1.29, 1.82) is 0 Å². The van der Waals surface area contributed by atoms with E-state index in [2.05, 4.69) is 6.92 Å². The van der Waals surface area contributed by atoms with Crippen molar-refractivity contribution in [1.82, 2.24) is 9.97 Å².